The van der Waals surface area contributed by atoms with Crippen molar-refractivity contribution >= 4 is 23.6 Å². The van der Waals surface area contributed by atoms with Crippen LogP contribution in [0.1, 0.15) is 19.2 Å². The van der Waals surface area contributed by atoms with E-state index in [4.69, 9.17) is 9.84 Å². The maximum Gasteiger partial charge on any atom is 0.313 e. The van der Waals surface area contributed by atoms with Crippen LogP contribution in [0.5, 0.6) is 0 Å². The van der Waals surface area contributed by atoms with Crippen molar-refractivity contribution < 1.29 is 19.4 Å². The Morgan fingerprint density at radius 3 is 2.81 bits per heavy atom. The van der Waals surface area contributed by atoms with E-state index in [9.17, 15) is 9.59 Å². The molecule has 0 aliphatic heterocycles. The second-order valence-electron chi connectivity index (χ2n) is 4.18. The number of aromatic nitrogens is 3. The molecular weight excluding hydrogens is 296 g/mol. The van der Waals surface area contributed by atoms with Gasteiger partial charge >= 0.3 is 5.97 Å². The zero-order valence-corrected chi connectivity index (χ0v) is 13.0. The molecule has 1 amide bonds. The average molecular weight is 316 g/mol. The molecule has 0 saturated carbocycles. The molecule has 1 rings (SSSR count). The quantitative estimate of drug-likeness (QED) is 0.468. The monoisotopic (exact) mass is 316 g/mol. The van der Waals surface area contributed by atoms with E-state index in [1.807, 2.05) is 6.92 Å². The number of aliphatic carboxylic acids is 1. The average Bonchev–Trinajstić information content (AvgIpc) is 2.85. The molecule has 1 aromatic rings. The maximum absolute atomic E-state index is 11.7. The molecule has 0 saturated heterocycles. The Morgan fingerprint density at radius 1 is 1.43 bits per heavy atom. The summed E-state index contributed by atoms with van der Waals surface area (Å²) in [5.74, 6) is -0.337. The van der Waals surface area contributed by atoms with E-state index in [1.54, 1.807) is 11.7 Å². The Hall–Kier alpha value is -1.61. The lowest BCUT2D eigenvalue weighted by atomic mass is 10.3. The SMILES string of the molecule is CCc1nnc(SCC(=O)O)n1CCC(=O)NCCOC. The second-order valence-corrected chi connectivity index (χ2v) is 5.12. The molecule has 8 nitrogen and oxygen atoms in total. The van der Waals surface area contributed by atoms with Crippen LogP contribution in [-0.4, -0.2) is 57.8 Å². The molecule has 0 unspecified atom stereocenters. The Bertz CT molecular complexity index is 478. The number of nitrogens with one attached hydrogen (secondary N) is 1. The number of nitrogens with zero attached hydrogens (tertiary/aromatic N) is 3. The number of aryl methyl sites for hydroxylation is 1. The number of rotatable bonds is 10. The fraction of sp³-hybridized carbons (Fsp3) is 0.667. The Kier molecular flexibility index (Phi) is 7.76. The van der Waals surface area contributed by atoms with Gasteiger partial charge in [-0.25, -0.2) is 0 Å². The zero-order chi connectivity index (χ0) is 15.7. The second kappa shape index (κ2) is 9.35. The van der Waals surface area contributed by atoms with E-state index in [0.717, 1.165) is 17.6 Å². The first-order valence-corrected chi connectivity index (χ1v) is 7.59. The summed E-state index contributed by atoms with van der Waals surface area (Å²) in [6.07, 6.45) is 0.960. The number of carbonyl (C=O) groups is 2. The lowest BCUT2D eigenvalue weighted by molar-refractivity contribution is -0.134. The lowest BCUT2D eigenvalue weighted by Crippen LogP contribution is -2.28. The van der Waals surface area contributed by atoms with Gasteiger partial charge in [0.15, 0.2) is 5.16 Å². The van der Waals surface area contributed by atoms with Gasteiger partial charge in [0.25, 0.3) is 0 Å². The summed E-state index contributed by atoms with van der Waals surface area (Å²) in [5.41, 5.74) is 0. The van der Waals surface area contributed by atoms with Crippen LogP contribution in [-0.2, 0) is 27.3 Å². The van der Waals surface area contributed by atoms with E-state index < -0.39 is 5.97 Å². The van der Waals surface area contributed by atoms with Crippen molar-refractivity contribution in [2.24, 2.45) is 0 Å². The summed E-state index contributed by atoms with van der Waals surface area (Å²) in [6.45, 7) is 3.30. The molecule has 0 aliphatic rings. The molecule has 0 bridgehead atoms. The van der Waals surface area contributed by atoms with E-state index in [1.165, 1.54) is 0 Å². The fourth-order valence-corrected chi connectivity index (χ4v) is 2.34. The highest BCUT2D eigenvalue weighted by molar-refractivity contribution is 7.99. The highest BCUT2D eigenvalue weighted by Gasteiger charge is 2.13. The van der Waals surface area contributed by atoms with Gasteiger partial charge in [0.05, 0.1) is 12.4 Å². The van der Waals surface area contributed by atoms with Gasteiger partial charge in [-0.1, -0.05) is 18.7 Å². The number of thioether (sulfide) groups is 1. The number of carboxylic acids is 1. The molecule has 0 radical (unpaired) electrons. The van der Waals surface area contributed by atoms with E-state index >= 15 is 0 Å². The van der Waals surface area contributed by atoms with Crippen LogP contribution in [0.3, 0.4) is 0 Å². The minimum atomic E-state index is -0.912. The number of carboxylic acid groups (broad SMARTS) is 1. The molecule has 118 valence electrons. The molecule has 0 aliphatic carbocycles. The highest BCUT2D eigenvalue weighted by atomic mass is 32.2. The largest absolute Gasteiger partial charge is 0.481 e. The molecule has 1 aromatic heterocycles. The van der Waals surface area contributed by atoms with Crippen LogP contribution in [0.25, 0.3) is 0 Å². The van der Waals surface area contributed by atoms with Gasteiger partial charge in [-0.2, -0.15) is 0 Å². The van der Waals surface area contributed by atoms with Gasteiger partial charge in [-0.15, -0.1) is 10.2 Å². The van der Waals surface area contributed by atoms with E-state index in [2.05, 4.69) is 15.5 Å². The van der Waals surface area contributed by atoms with Gasteiger partial charge < -0.3 is 19.7 Å². The minimum absolute atomic E-state index is 0.0815. The Morgan fingerprint density at radius 2 is 2.19 bits per heavy atom. The summed E-state index contributed by atoms with van der Waals surface area (Å²) in [7, 11) is 1.57. The van der Waals surface area contributed by atoms with Crippen LogP contribution in [0, 0.1) is 0 Å². The molecular formula is C12H20N4O4S. The van der Waals surface area contributed by atoms with Crippen LogP contribution >= 0.6 is 11.8 Å². The maximum atomic E-state index is 11.7. The van der Waals surface area contributed by atoms with Gasteiger partial charge in [-0.05, 0) is 0 Å². The summed E-state index contributed by atoms with van der Waals surface area (Å²) in [4.78, 5) is 22.3. The summed E-state index contributed by atoms with van der Waals surface area (Å²) >= 11 is 1.10. The van der Waals surface area contributed by atoms with Crippen molar-refractivity contribution in [2.45, 2.75) is 31.5 Å². The van der Waals surface area contributed by atoms with Crippen LogP contribution < -0.4 is 5.32 Å². The third kappa shape index (κ3) is 6.13. The molecule has 21 heavy (non-hydrogen) atoms. The van der Waals surface area contributed by atoms with Crippen molar-refractivity contribution in [3.05, 3.63) is 5.82 Å². The number of amides is 1. The number of hydrogen-bond acceptors (Lipinski definition) is 6. The first-order chi connectivity index (χ1) is 10.1. The number of ether oxygens (including phenoxy) is 1. The lowest BCUT2D eigenvalue weighted by Gasteiger charge is -2.09. The van der Waals surface area contributed by atoms with Crippen LogP contribution in [0.15, 0.2) is 5.16 Å². The summed E-state index contributed by atoms with van der Waals surface area (Å²) < 4.78 is 6.65. The molecule has 1 heterocycles. The molecule has 0 spiro atoms. The molecule has 9 heteroatoms. The fourth-order valence-electron chi connectivity index (χ4n) is 1.63. The van der Waals surface area contributed by atoms with E-state index in [0.29, 0.717) is 31.3 Å². The third-order valence-electron chi connectivity index (χ3n) is 2.63. The molecule has 0 fully saturated rings. The first-order valence-electron chi connectivity index (χ1n) is 6.60. The van der Waals surface area contributed by atoms with E-state index in [-0.39, 0.29) is 18.1 Å². The van der Waals surface area contributed by atoms with Gasteiger partial charge in [0.1, 0.15) is 5.82 Å². The highest BCUT2D eigenvalue weighted by Crippen LogP contribution is 2.17. The van der Waals surface area contributed by atoms with Crippen molar-refractivity contribution in [3.8, 4) is 0 Å². The predicted octanol–water partition coefficient (Wildman–Crippen LogP) is 0.170. The molecule has 0 aromatic carbocycles. The topological polar surface area (TPSA) is 106 Å². The van der Waals surface area contributed by atoms with Gasteiger partial charge in [0.2, 0.25) is 5.91 Å². The molecule has 0 atom stereocenters. The van der Waals surface area contributed by atoms with Crippen molar-refractivity contribution in [2.75, 3.05) is 26.0 Å². The van der Waals surface area contributed by atoms with Gasteiger partial charge in [-0.3, -0.25) is 9.59 Å². The third-order valence-corrected chi connectivity index (χ3v) is 3.58. The Labute approximate surface area is 127 Å². The minimum Gasteiger partial charge on any atom is -0.481 e. The smallest absolute Gasteiger partial charge is 0.313 e. The van der Waals surface area contributed by atoms with Crippen molar-refractivity contribution in [1.29, 1.82) is 0 Å². The number of carbonyl (C=O) groups excluding carboxylic acids is 1. The summed E-state index contributed by atoms with van der Waals surface area (Å²) in [5, 5.41) is 20.0. The Balaban J connectivity index is 2.57. The van der Waals surface area contributed by atoms with Gasteiger partial charge in [0, 0.05) is 33.0 Å². The first kappa shape index (κ1) is 17.4. The van der Waals surface area contributed by atoms with Crippen molar-refractivity contribution in [3.63, 3.8) is 0 Å². The summed E-state index contributed by atoms with van der Waals surface area (Å²) in [6, 6.07) is 0. The predicted molar refractivity (Wildman–Crippen MR) is 77.3 cm³/mol. The standard InChI is InChI=1S/C12H20N4O4S/c1-3-9-14-15-12(21-8-11(18)19)16(9)6-4-10(17)13-5-7-20-2/h3-8H2,1-2H3,(H,13,17)(H,18,19). The molecule has 2 N–H and O–H groups in total. The number of methoxy groups -OCH3 is 1. The van der Waals surface area contributed by atoms with Crippen LogP contribution in [0.2, 0.25) is 0 Å². The number of hydrogen-bond donors (Lipinski definition) is 2. The normalized spacial score (nSPS) is 10.6. The zero-order valence-electron chi connectivity index (χ0n) is 12.2. The van der Waals surface area contributed by atoms with Crippen molar-refractivity contribution in [1.82, 2.24) is 20.1 Å². The van der Waals surface area contributed by atoms with Crippen LogP contribution in [0.4, 0.5) is 0 Å².